The first-order valence-electron chi connectivity index (χ1n) is 7.14. The predicted molar refractivity (Wildman–Crippen MR) is 92.8 cm³/mol. The highest BCUT2D eigenvalue weighted by Crippen LogP contribution is 2.23. The second kappa shape index (κ2) is 7.88. The molecule has 1 aromatic rings. The van der Waals surface area contributed by atoms with Crippen molar-refractivity contribution < 1.29 is 4.79 Å². The number of hydrogen-bond acceptors (Lipinski definition) is 3. The van der Waals surface area contributed by atoms with E-state index in [1.54, 1.807) is 25.3 Å². The Balaban J connectivity index is 2.45. The molecule has 0 spiro atoms. The van der Waals surface area contributed by atoms with E-state index in [0.29, 0.717) is 5.56 Å². The van der Waals surface area contributed by atoms with Crippen molar-refractivity contribution in [1.82, 2.24) is 0 Å². The van der Waals surface area contributed by atoms with E-state index in [9.17, 15) is 4.79 Å². The molecule has 1 aromatic carbocycles. The Hall–Kier alpha value is -2.75. The third-order valence-corrected chi connectivity index (χ3v) is 3.20. The van der Waals surface area contributed by atoms with E-state index < -0.39 is 0 Å². The third kappa shape index (κ3) is 3.67. The lowest BCUT2D eigenvalue weighted by Gasteiger charge is -2.26. The van der Waals surface area contributed by atoms with Gasteiger partial charge in [-0.05, 0) is 49.3 Å². The summed E-state index contributed by atoms with van der Waals surface area (Å²) in [5, 5.41) is 0. The van der Waals surface area contributed by atoms with E-state index in [-0.39, 0.29) is 0 Å². The number of hydrogen-bond donors (Lipinski definition) is 0. The monoisotopic (exact) mass is 293 g/mol. The maximum atomic E-state index is 10.8. The van der Waals surface area contributed by atoms with Crippen LogP contribution in [0.4, 0.5) is 5.69 Å². The molecule has 0 bridgehead atoms. The molecule has 2 rings (SSSR count). The van der Waals surface area contributed by atoms with Crippen molar-refractivity contribution in [1.29, 1.82) is 0 Å². The Morgan fingerprint density at radius 2 is 2.09 bits per heavy atom. The van der Waals surface area contributed by atoms with Gasteiger partial charge in [0.05, 0.1) is 0 Å². The van der Waals surface area contributed by atoms with Crippen LogP contribution < -0.4 is 4.90 Å². The van der Waals surface area contributed by atoms with E-state index >= 15 is 0 Å². The zero-order valence-corrected chi connectivity index (χ0v) is 12.6. The normalized spacial score (nSPS) is 14.8. The highest BCUT2D eigenvalue weighted by atomic mass is 16.1. The van der Waals surface area contributed by atoms with Crippen molar-refractivity contribution >= 4 is 24.0 Å². The van der Waals surface area contributed by atoms with Crippen molar-refractivity contribution in [3.63, 3.8) is 0 Å². The molecule has 0 saturated heterocycles. The van der Waals surface area contributed by atoms with Gasteiger partial charge in [0.2, 0.25) is 0 Å². The van der Waals surface area contributed by atoms with Gasteiger partial charge in [0.1, 0.15) is 17.9 Å². The lowest BCUT2D eigenvalue weighted by Crippen LogP contribution is -2.29. The first kappa shape index (κ1) is 15.6. The van der Waals surface area contributed by atoms with Crippen LogP contribution in [0.1, 0.15) is 23.2 Å². The molecule has 0 fully saturated rings. The van der Waals surface area contributed by atoms with E-state index in [0.717, 1.165) is 36.5 Å². The SMILES string of the molecule is C=C/C=C\C(=NC)N(C1=CCCC=N1)c1ccc(C=O)cc1. The minimum absolute atomic E-state index is 0.640. The van der Waals surface area contributed by atoms with Crippen LogP contribution in [0.25, 0.3) is 0 Å². The van der Waals surface area contributed by atoms with E-state index in [1.165, 1.54) is 0 Å². The van der Waals surface area contributed by atoms with Gasteiger partial charge in [0.15, 0.2) is 0 Å². The zero-order chi connectivity index (χ0) is 15.8. The van der Waals surface area contributed by atoms with Crippen LogP contribution in [0.15, 0.2) is 71.0 Å². The van der Waals surface area contributed by atoms with Gasteiger partial charge < -0.3 is 0 Å². The Morgan fingerprint density at radius 1 is 1.32 bits per heavy atom. The summed E-state index contributed by atoms with van der Waals surface area (Å²) in [6, 6.07) is 7.35. The quantitative estimate of drug-likeness (QED) is 0.359. The fourth-order valence-corrected chi connectivity index (χ4v) is 2.13. The summed E-state index contributed by atoms with van der Waals surface area (Å²) in [4.78, 5) is 21.6. The second-order valence-corrected chi connectivity index (χ2v) is 4.67. The highest BCUT2D eigenvalue weighted by Gasteiger charge is 2.16. The van der Waals surface area contributed by atoms with Gasteiger partial charge in [0.25, 0.3) is 0 Å². The van der Waals surface area contributed by atoms with Gasteiger partial charge in [-0.1, -0.05) is 18.7 Å². The molecule has 22 heavy (non-hydrogen) atoms. The van der Waals surface area contributed by atoms with Crippen LogP contribution in [-0.2, 0) is 0 Å². The molecular formula is C18H19N3O. The first-order valence-corrected chi connectivity index (χ1v) is 7.14. The topological polar surface area (TPSA) is 45.0 Å². The maximum Gasteiger partial charge on any atom is 0.150 e. The van der Waals surface area contributed by atoms with Crippen molar-refractivity contribution in [3.8, 4) is 0 Å². The number of amidine groups is 1. The molecule has 0 atom stereocenters. The molecule has 0 N–H and O–H groups in total. The Morgan fingerprint density at radius 3 is 2.64 bits per heavy atom. The highest BCUT2D eigenvalue weighted by molar-refractivity contribution is 6.08. The lowest BCUT2D eigenvalue weighted by atomic mass is 10.2. The van der Waals surface area contributed by atoms with E-state index in [1.807, 2.05) is 35.4 Å². The van der Waals surface area contributed by atoms with Crippen LogP contribution in [0.2, 0.25) is 0 Å². The van der Waals surface area contributed by atoms with Crippen LogP contribution in [0, 0.1) is 0 Å². The van der Waals surface area contributed by atoms with Gasteiger partial charge in [-0.25, -0.2) is 4.99 Å². The molecule has 112 valence electrons. The zero-order valence-electron chi connectivity index (χ0n) is 12.6. The molecule has 0 saturated carbocycles. The number of aldehydes is 1. The Bertz CT molecular complexity index is 651. The summed E-state index contributed by atoms with van der Waals surface area (Å²) < 4.78 is 0. The summed E-state index contributed by atoms with van der Waals surface area (Å²) in [5.74, 6) is 1.59. The number of aliphatic imine (C=N–C) groups is 2. The lowest BCUT2D eigenvalue weighted by molar-refractivity contribution is 0.112. The van der Waals surface area contributed by atoms with Gasteiger partial charge >= 0.3 is 0 Å². The fraction of sp³-hybridized carbons (Fsp3) is 0.167. The Kier molecular flexibility index (Phi) is 5.60. The molecule has 0 radical (unpaired) electrons. The largest absolute Gasteiger partial charge is 0.298 e. The smallest absolute Gasteiger partial charge is 0.150 e. The molecule has 1 aliphatic heterocycles. The minimum Gasteiger partial charge on any atom is -0.298 e. The first-order chi connectivity index (χ1) is 10.8. The number of anilines is 1. The summed E-state index contributed by atoms with van der Waals surface area (Å²) in [6.45, 7) is 3.69. The maximum absolute atomic E-state index is 10.8. The number of benzene rings is 1. The van der Waals surface area contributed by atoms with Gasteiger partial charge in [0, 0.05) is 24.5 Å². The average molecular weight is 293 g/mol. The molecule has 1 aliphatic rings. The second-order valence-electron chi connectivity index (χ2n) is 4.67. The molecule has 0 unspecified atom stereocenters. The van der Waals surface area contributed by atoms with Crippen molar-refractivity contribution in [2.24, 2.45) is 9.98 Å². The van der Waals surface area contributed by atoms with Crippen molar-refractivity contribution in [2.75, 3.05) is 11.9 Å². The van der Waals surface area contributed by atoms with Crippen LogP contribution >= 0.6 is 0 Å². The summed E-state index contributed by atoms with van der Waals surface area (Å²) >= 11 is 0. The summed E-state index contributed by atoms with van der Waals surface area (Å²) in [6.07, 6.45) is 12.1. The number of rotatable bonds is 5. The van der Waals surface area contributed by atoms with Gasteiger partial charge in [-0.15, -0.1) is 0 Å². The van der Waals surface area contributed by atoms with Gasteiger partial charge in [-0.3, -0.25) is 14.7 Å². The average Bonchev–Trinajstić information content (AvgIpc) is 2.59. The minimum atomic E-state index is 0.640. The number of carbonyl (C=O) groups excluding carboxylic acids is 1. The third-order valence-electron chi connectivity index (χ3n) is 3.20. The molecule has 1 heterocycles. The van der Waals surface area contributed by atoms with Crippen molar-refractivity contribution in [3.05, 3.63) is 66.5 Å². The molecule has 4 nitrogen and oxygen atoms in total. The summed E-state index contributed by atoms with van der Waals surface area (Å²) in [7, 11) is 1.74. The van der Waals surface area contributed by atoms with E-state index in [2.05, 4.69) is 22.6 Å². The Labute approximate surface area is 130 Å². The van der Waals surface area contributed by atoms with Crippen LogP contribution in [-0.4, -0.2) is 25.4 Å². The molecule has 0 aromatic heterocycles. The molecule has 0 amide bonds. The molecule has 0 aliphatic carbocycles. The number of carbonyl (C=O) groups is 1. The standard InChI is InChI=1S/C18H19N3O/c1-3-4-7-17(19-2)21(18-8-5-6-13-20-18)16-11-9-15(14-22)10-12-16/h3-4,7-14H,1,5-6H2,2H3/b7-4-,19-17?. The number of allylic oxidation sites excluding steroid dienone is 3. The summed E-state index contributed by atoms with van der Waals surface area (Å²) in [5.41, 5.74) is 1.55. The van der Waals surface area contributed by atoms with E-state index in [4.69, 9.17) is 0 Å². The molecule has 4 heteroatoms. The van der Waals surface area contributed by atoms with Gasteiger partial charge in [-0.2, -0.15) is 0 Å². The molecular weight excluding hydrogens is 274 g/mol. The van der Waals surface area contributed by atoms with Crippen LogP contribution in [0.5, 0.6) is 0 Å². The predicted octanol–water partition coefficient (Wildman–Crippen LogP) is 3.78. The number of nitrogens with zero attached hydrogens (tertiary/aromatic N) is 3. The van der Waals surface area contributed by atoms with Crippen molar-refractivity contribution in [2.45, 2.75) is 12.8 Å². The fourth-order valence-electron chi connectivity index (χ4n) is 2.13. The van der Waals surface area contributed by atoms with Crippen LogP contribution in [0.3, 0.4) is 0 Å².